The first kappa shape index (κ1) is 24.2. The van der Waals surface area contributed by atoms with Crippen molar-refractivity contribution in [2.24, 2.45) is 11.8 Å². The van der Waals surface area contributed by atoms with Crippen LogP contribution in [0.15, 0.2) is 24.3 Å². The largest absolute Gasteiger partial charge is 0.480 e. The average Bonchev–Trinajstić information content (AvgIpc) is 2.81. The van der Waals surface area contributed by atoms with Crippen LogP contribution in [0.2, 0.25) is 0 Å². The molecule has 1 saturated carbocycles. The molecule has 3 rings (SSSR count). The number of carboxylic acids is 1. The van der Waals surface area contributed by atoms with Gasteiger partial charge in [-0.2, -0.15) is 0 Å². The van der Waals surface area contributed by atoms with Gasteiger partial charge in [-0.3, -0.25) is 9.59 Å². The van der Waals surface area contributed by atoms with Gasteiger partial charge in [-0.25, -0.2) is 4.79 Å². The summed E-state index contributed by atoms with van der Waals surface area (Å²) in [4.78, 5) is 39.0. The van der Waals surface area contributed by atoms with Crippen LogP contribution in [0.25, 0.3) is 0 Å². The minimum Gasteiger partial charge on any atom is -0.480 e. The van der Waals surface area contributed by atoms with Crippen molar-refractivity contribution in [2.75, 3.05) is 13.2 Å². The van der Waals surface area contributed by atoms with Gasteiger partial charge in [-0.15, -0.1) is 0 Å². The summed E-state index contributed by atoms with van der Waals surface area (Å²) in [5, 5.41) is 12.9. The van der Waals surface area contributed by atoms with Gasteiger partial charge in [0.1, 0.15) is 6.04 Å². The number of carbonyl (C=O) groups is 3. The number of rotatable bonds is 9. The van der Waals surface area contributed by atoms with Crippen molar-refractivity contribution in [3.05, 3.63) is 35.4 Å². The maximum Gasteiger partial charge on any atom is 0.326 e. The zero-order valence-electron chi connectivity index (χ0n) is 19.2. The fraction of sp³-hybridized carbons (Fsp3) is 0.640. The lowest BCUT2D eigenvalue weighted by atomic mass is 9.78. The Morgan fingerprint density at radius 1 is 1.16 bits per heavy atom. The molecule has 3 atom stereocenters. The summed E-state index contributed by atoms with van der Waals surface area (Å²) in [7, 11) is 0. The monoisotopic (exact) mass is 444 g/mol. The van der Waals surface area contributed by atoms with Gasteiger partial charge in [-0.1, -0.05) is 43.5 Å². The summed E-state index contributed by atoms with van der Waals surface area (Å²) in [6, 6.07) is 6.28. The highest BCUT2D eigenvalue weighted by atomic mass is 16.5. The molecule has 0 saturated heterocycles. The number of benzene rings is 1. The molecule has 1 heterocycles. The standard InChI is InChI=1S/C25H36N2O5/c1-3-32-25(31)21(18-9-5-4-6-10-18)13-14-26-17(2)23(28)27-16-20-12-8-7-11-19(20)15-22(27)24(29)30/h7-8,11-12,17-18,21-22,26H,3-6,9-10,13-16H2,1-2H3,(H,29,30)/t17-,21-,22-/m0/s1. The molecule has 1 aliphatic heterocycles. The Morgan fingerprint density at radius 2 is 1.84 bits per heavy atom. The Kier molecular flexibility index (Phi) is 8.67. The molecular formula is C25H36N2O5. The molecule has 1 aliphatic carbocycles. The van der Waals surface area contributed by atoms with Crippen LogP contribution in [0.5, 0.6) is 0 Å². The van der Waals surface area contributed by atoms with Gasteiger partial charge in [0.2, 0.25) is 5.91 Å². The minimum atomic E-state index is -0.986. The number of hydrogen-bond acceptors (Lipinski definition) is 5. The molecule has 1 aromatic rings. The summed E-state index contributed by atoms with van der Waals surface area (Å²) in [5.74, 6) is -1.17. The normalized spacial score (nSPS) is 20.8. The fourth-order valence-corrected chi connectivity index (χ4v) is 5.10. The molecule has 0 spiro atoms. The first-order chi connectivity index (χ1) is 15.4. The van der Waals surface area contributed by atoms with Crippen LogP contribution >= 0.6 is 0 Å². The van der Waals surface area contributed by atoms with E-state index in [-0.39, 0.29) is 17.8 Å². The van der Waals surface area contributed by atoms with Gasteiger partial charge in [0, 0.05) is 13.0 Å². The summed E-state index contributed by atoms with van der Waals surface area (Å²) < 4.78 is 5.32. The van der Waals surface area contributed by atoms with Gasteiger partial charge in [-0.05, 0) is 56.7 Å². The Balaban J connectivity index is 1.60. The second kappa shape index (κ2) is 11.5. The molecule has 0 unspecified atom stereocenters. The van der Waals surface area contributed by atoms with Crippen molar-refractivity contribution in [1.29, 1.82) is 0 Å². The number of amides is 1. The number of ether oxygens (including phenoxy) is 1. The van der Waals surface area contributed by atoms with Gasteiger partial charge in [0.15, 0.2) is 0 Å². The Labute approximate surface area is 190 Å². The third kappa shape index (κ3) is 5.88. The molecule has 176 valence electrons. The van der Waals surface area contributed by atoms with Crippen molar-refractivity contribution in [2.45, 2.75) is 77.4 Å². The quantitative estimate of drug-likeness (QED) is 0.568. The molecule has 0 aromatic heterocycles. The summed E-state index contributed by atoms with van der Waals surface area (Å²) in [6.45, 7) is 4.77. The number of carboxylic acid groups (broad SMARTS) is 1. The van der Waals surface area contributed by atoms with E-state index in [2.05, 4.69) is 5.32 Å². The second-order valence-corrected chi connectivity index (χ2v) is 9.01. The number of nitrogens with one attached hydrogen (secondary N) is 1. The van der Waals surface area contributed by atoms with E-state index in [9.17, 15) is 19.5 Å². The molecule has 0 radical (unpaired) electrons. The Morgan fingerprint density at radius 3 is 2.50 bits per heavy atom. The predicted molar refractivity (Wildman–Crippen MR) is 121 cm³/mol. The van der Waals surface area contributed by atoms with E-state index >= 15 is 0 Å². The van der Waals surface area contributed by atoms with Crippen molar-refractivity contribution in [1.82, 2.24) is 10.2 Å². The van der Waals surface area contributed by atoms with E-state index < -0.39 is 18.1 Å². The first-order valence-corrected chi connectivity index (χ1v) is 11.9. The molecule has 1 amide bonds. The molecule has 2 aliphatic rings. The van der Waals surface area contributed by atoms with Gasteiger partial charge in [0.25, 0.3) is 0 Å². The SMILES string of the molecule is CCOC(=O)[C@@H](CCN[C@@H](C)C(=O)N1Cc2ccccc2C[C@H]1C(=O)O)C1CCCCC1. The van der Waals surface area contributed by atoms with Crippen LogP contribution in [-0.2, 0) is 32.1 Å². The molecule has 7 nitrogen and oxygen atoms in total. The van der Waals surface area contributed by atoms with E-state index in [1.54, 1.807) is 6.92 Å². The first-order valence-electron chi connectivity index (χ1n) is 11.9. The van der Waals surface area contributed by atoms with E-state index in [1.807, 2.05) is 31.2 Å². The predicted octanol–water partition coefficient (Wildman–Crippen LogP) is 3.15. The Hall–Kier alpha value is -2.41. The molecular weight excluding hydrogens is 408 g/mol. The maximum atomic E-state index is 13.1. The van der Waals surface area contributed by atoms with Crippen LogP contribution in [0.1, 0.15) is 63.5 Å². The molecule has 1 aromatic carbocycles. The average molecular weight is 445 g/mol. The highest BCUT2D eigenvalue weighted by Gasteiger charge is 2.36. The van der Waals surface area contributed by atoms with Crippen LogP contribution in [-0.4, -0.2) is 53.1 Å². The topological polar surface area (TPSA) is 95.9 Å². The maximum absolute atomic E-state index is 13.1. The van der Waals surface area contributed by atoms with Crippen LogP contribution in [0.3, 0.4) is 0 Å². The Bertz CT molecular complexity index is 805. The number of esters is 1. The zero-order valence-corrected chi connectivity index (χ0v) is 19.2. The van der Waals surface area contributed by atoms with Gasteiger partial charge in [0.05, 0.1) is 18.6 Å². The fourth-order valence-electron chi connectivity index (χ4n) is 5.10. The highest BCUT2D eigenvalue weighted by Crippen LogP contribution is 2.32. The molecule has 32 heavy (non-hydrogen) atoms. The second-order valence-electron chi connectivity index (χ2n) is 9.01. The summed E-state index contributed by atoms with van der Waals surface area (Å²) >= 11 is 0. The smallest absolute Gasteiger partial charge is 0.326 e. The number of aliphatic carboxylic acids is 1. The van der Waals surface area contributed by atoms with Crippen LogP contribution < -0.4 is 5.32 Å². The van der Waals surface area contributed by atoms with Crippen LogP contribution in [0.4, 0.5) is 0 Å². The van der Waals surface area contributed by atoms with E-state index in [0.717, 1.165) is 36.8 Å². The van der Waals surface area contributed by atoms with Gasteiger partial charge < -0.3 is 20.1 Å². The number of carbonyl (C=O) groups excluding carboxylic acids is 2. The highest BCUT2D eigenvalue weighted by molar-refractivity contribution is 5.87. The third-order valence-corrected chi connectivity index (χ3v) is 6.90. The molecule has 1 fully saturated rings. The number of fused-ring (bicyclic) bond motifs is 1. The molecule has 2 N–H and O–H groups in total. The lowest BCUT2D eigenvalue weighted by Crippen LogP contribution is -2.54. The molecule has 0 bridgehead atoms. The molecule has 7 heteroatoms. The lowest BCUT2D eigenvalue weighted by Gasteiger charge is -2.36. The van der Waals surface area contributed by atoms with Gasteiger partial charge >= 0.3 is 11.9 Å². The number of hydrogen-bond donors (Lipinski definition) is 2. The van der Waals surface area contributed by atoms with Crippen molar-refractivity contribution in [3.8, 4) is 0 Å². The van der Waals surface area contributed by atoms with Crippen molar-refractivity contribution >= 4 is 17.8 Å². The van der Waals surface area contributed by atoms with E-state index in [0.29, 0.717) is 38.5 Å². The van der Waals surface area contributed by atoms with E-state index in [1.165, 1.54) is 11.3 Å². The summed E-state index contributed by atoms with van der Waals surface area (Å²) in [5.41, 5.74) is 1.97. The van der Waals surface area contributed by atoms with Crippen molar-refractivity contribution in [3.63, 3.8) is 0 Å². The van der Waals surface area contributed by atoms with Crippen molar-refractivity contribution < 1.29 is 24.2 Å². The third-order valence-electron chi connectivity index (χ3n) is 6.90. The minimum absolute atomic E-state index is 0.140. The van der Waals surface area contributed by atoms with Crippen LogP contribution in [0, 0.1) is 11.8 Å². The van der Waals surface area contributed by atoms with E-state index in [4.69, 9.17) is 4.74 Å². The summed E-state index contributed by atoms with van der Waals surface area (Å²) in [6.07, 6.45) is 6.55. The number of nitrogens with zero attached hydrogens (tertiary/aromatic N) is 1. The zero-order chi connectivity index (χ0) is 23.1. The lowest BCUT2D eigenvalue weighted by molar-refractivity contribution is -0.152.